The van der Waals surface area contributed by atoms with E-state index in [4.69, 9.17) is 0 Å². The maximum absolute atomic E-state index is 12.3. The third-order valence-electron chi connectivity index (χ3n) is 4.33. The number of likely N-dealkylation sites (tertiary alicyclic amines) is 1. The molecule has 0 bridgehead atoms. The second kappa shape index (κ2) is 7.30. The van der Waals surface area contributed by atoms with Gasteiger partial charge in [-0.2, -0.15) is 13.2 Å². The number of hydrogen-bond donors (Lipinski definition) is 2. The van der Waals surface area contributed by atoms with Crippen molar-refractivity contribution < 1.29 is 22.8 Å². The van der Waals surface area contributed by atoms with Crippen LogP contribution in [0.25, 0.3) is 0 Å². The van der Waals surface area contributed by atoms with Gasteiger partial charge in [0.05, 0.1) is 0 Å². The molecule has 0 aromatic rings. The fourth-order valence-electron chi connectivity index (χ4n) is 3.00. The molecule has 2 amide bonds. The molecule has 2 saturated heterocycles. The molecule has 126 valence electrons. The second-order valence-corrected chi connectivity index (χ2v) is 6.03. The number of rotatable bonds is 4. The predicted molar refractivity (Wildman–Crippen MR) is 74.0 cm³/mol. The molecule has 2 rings (SSSR count). The van der Waals surface area contributed by atoms with Gasteiger partial charge in [0.2, 0.25) is 5.91 Å². The Morgan fingerprint density at radius 2 is 1.86 bits per heavy atom. The molecule has 2 fully saturated rings. The van der Waals surface area contributed by atoms with Gasteiger partial charge >= 0.3 is 12.1 Å². The van der Waals surface area contributed by atoms with Crippen LogP contribution in [0.3, 0.4) is 0 Å². The first kappa shape index (κ1) is 17.1. The average molecular weight is 321 g/mol. The summed E-state index contributed by atoms with van der Waals surface area (Å²) in [5.74, 6) is -1.65. The monoisotopic (exact) mass is 321 g/mol. The molecule has 5 nitrogen and oxygen atoms in total. The summed E-state index contributed by atoms with van der Waals surface area (Å²) in [7, 11) is 0. The minimum Gasteiger partial charge on any atom is -0.356 e. The van der Waals surface area contributed by atoms with Crippen LogP contribution in [-0.4, -0.2) is 55.1 Å². The Balaban J connectivity index is 1.65. The van der Waals surface area contributed by atoms with Crippen LogP contribution in [-0.2, 0) is 9.59 Å². The quantitative estimate of drug-likeness (QED) is 0.813. The Labute approximate surface area is 127 Å². The zero-order valence-corrected chi connectivity index (χ0v) is 12.4. The number of alkyl halides is 3. The number of amides is 2. The first-order valence-electron chi connectivity index (χ1n) is 7.72. The molecule has 0 saturated carbocycles. The number of nitrogens with zero attached hydrogens (tertiary/aromatic N) is 1. The molecular formula is C14H22F3N3O2. The van der Waals surface area contributed by atoms with Crippen molar-refractivity contribution in [1.82, 2.24) is 15.5 Å². The molecule has 0 aromatic carbocycles. The highest BCUT2D eigenvalue weighted by Crippen LogP contribution is 2.23. The Hall–Kier alpha value is -1.31. The van der Waals surface area contributed by atoms with E-state index in [9.17, 15) is 22.8 Å². The third-order valence-corrected chi connectivity index (χ3v) is 4.33. The number of carbonyl (C=O) groups excluding carboxylic acids is 2. The molecule has 22 heavy (non-hydrogen) atoms. The van der Waals surface area contributed by atoms with E-state index in [0.717, 1.165) is 24.3 Å². The van der Waals surface area contributed by atoms with E-state index in [-0.39, 0.29) is 31.0 Å². The molecule has 8 heteroatoms. The van der Waals surface area contributed by atoms with Crippen molar-refractivity contribution in [3.63, 3.8) is 0 Å². The standard InChI is InChI=1S/C14H22F3N3O2/c15-14(16,17)13(22)20-6-3-10(4-7-20)9-19-12(21)8-11-2-1-5-18-11/h10-11,18H,1-9H2,(H,19,21). The Kier molecular flexibility index (Phi) is 5.66. The lowest BCUT2D eigenvalue weighted by Crippen LogP contribution is -2.46. The molecule has 1 unspecified atom stereocenters. The van der Waals surface area contributed by atoms with Crippen molar-refractivity contribution in [2.45, 2.75) is 44.3 Å². The predicted octanol–water partition coefficient (Wildman–Crippen LogP) is 1.05. The summed E-state index contributed by atoms with van der Waals surface area (Å²) in [5.41, 5.74) is 0. The van der Waals surface area contributed by atoms with Crippen molar-refractivity contribution in [3.05, 3.63) is 0 Å². The van der Waals surface area contributed by atoms with Crippen LogP contribution >= 0.6 is 0 Å². The van der Waals surface area contributed by atoms with Gasteiger partial charge in [-0.1, -0.05) is 0 Å². The molecule has 0 spiro atoms. The van der Waals surface area contributed by atoms with E-state index in [1.54, 1.807) is 0 Å². The molecule has 2 aliphatic heterocycles. The first-order valence-corrected chi connectivity index (χ1v) is 7.72. The fraction of sp³-hybridized carbons (Fsp3) is 0.857. The Bertz CT molecular complexity index is 401. The lowest BCUT2D eigenvalue weighted by atomic mass is 9.96. The van der Waals surface area contributed by atoms with E-state index >= 15 is 0 Å². The maximum Gasteiger partial charge on any atom is 0.471 e. The van der Waals surface area contributed by atoms with Gasteiger partial charge in [-0.25, -0.2) is 0 Å². The normalized spacial score (nSPS) is 23.6. The van der Waals surface area contributed by atoms with Crippen LogP contribution in [0.4, 0.5) is 13.2 Å². The van der Waals surface area contributed by atoms with Crippen LogP contribution in [0.2, 0.25) is 0 Å². The summed E-state index contributed by atoms with van der Waals surface area (Å²) >= 11 is 0. The SMILES string of the molecule is O=C(CC1CCCN1)NCC1CCN(C(=O)C(F)(F)F)CC1. The molecule has 0 aliphatic carbocycles. The summed E-state index contributed by atoms with van der Waals surface area (Å²) in [6.45, 7) is 1.62. The van der Waals surface area contributed by atoms with E-state index in [1.165, 1.54) is 0 Å². The van der Waals surface area contributed by atoms with Crippen LogP contribution in [0.1, 0.15) is 32.1 Å². The van der Waals surface area contributed by atoms with E-state index in [1.807, 2.05) is 0 Å². The van der Waals surface area contributed by atoms with Gasteiger partial charge in [0, 0.05) is 32.1 Å². The van der Waals surface area contributed by atoms with Gasteiger partial charge in [-0.05, 0) is 38.1 Å². The minimum atomic E-state index is -4.80. The summed E-state index contributed by atoms with van der Waals surface area (Å²) in [6.07, 6.45) is -1.27. The summed E-state index contributed by atoms with van der Waals surface area (Å²) in [6, 6.07) is 0.242. The fourth-order valence-corrected chi connectivity index (χ4v) is 3.00. The van der Waals surface area contributed by atoms with E-state index in [0.29, 0.717) is 25.8 Å². The maximum atomic E-state index is 12.3. The highest BCUT2D eigenvalue weighted by Gasteiger charge is 2.43. The Morgan fingerprint density at radius 3 is 2.41 bits per heavy atom. The molecule has 2 heterocycles. The van der Waals surface area contributed by atoms with Crippen LogP contribution in [0.5, 0.6) is 0 Å². The highest BCUT2D eigenvalue weighted by atomic mass is 19.4. The number of halogens is 3. The van der Waals surface area contributed by atoms with Gasteiger partial charge in [0.1, 0.15) is 0 Å². The molecular weight excluding hydrogens is 299 g/mol. The van der Waals surface area contributed by atoms with Gasteiger partial charge in [0.25, 0.3) is 0 Å². The molecule has 1 atom stereocenters. The van der Waals surface area contributed by atoms with Crippen LogP contribution in [0.15, 0.2) is 0 Å². The van der Waals surface area contributed by atoms with Crippen LogP contribution in [0, 0.1) is 5.92 Å². The second-order valence-electron chi connectivity index (χ2n) is 6.03. The first-order chi connectivity index (χ1) is 10.4. The highest BCUT2D eigenvalue weighted by molar-refractivity contribution is 5.81. The smallest absolute Gasteiger partial charge is 0.356 e. The van der Waals surface area contributed by atoms with Crippen molar-refractivity contribution in [3.8, 4) is 0 Å². The van der Waals surface area contributed by atoms with Gasteiger partial charge in [0.15, 0.2) is 0 Å². The van der Waals surface area contributed by atoms with Gasteiger partial charge < -0.3 is 15.5 Å². The van der Waals surface area contributed by atoms with E-state index in [2.05, 4.69) is 10.6 Å². The van der Waals surface area contributed by atoms with Gasteiger partial charge in [-0.3, -0.25) is 9.59 Å². The number of carbonyl (C=O) groups is 2. The average Bonchev–Trinajstić information content (AvgIpc) is 2.97. The van der Waals surface area contributed by atoms with Crippen LogP contribution < -0.4 is 10.6 Å². The summed E-state index contributed by atoms with van der Waals surface area (Å²) in [5, 5.41) is 6.10. The van der Waals surface area contributed by atoms with Gasteiger partial charge in [-0.15, -0.1) is 0 Å². The lowest BCUT2D eigenvalue weighted by molar-refractivity contribution is -0.186. The number of piperidine rings is 1. The van der Waals surface area contributed by atoms with Crippen molar-refractivity contribution in [2.24, 2.45) is 5.92 Å². The summed E-state index contributed by atoms with van der Waals surface area (Å²) in [4.78, 5) is 23.7. The Morgan fingerprint density at radius 1 is 1.18 bits per heavy atom. The molecule has 0 radical (unpaired) electrons. The van der Waals surface area contributed by atoms with Crippen molar-refractivity contribution in [1.29, 1.82) is 0 Å². The third kappa shape index (κ3) is 4.86. The molecule has 2 N–H and O–H groups in total. The minimum absolute atomic E-state index is 0.0202. The number of nitrogens with one attached hydrogen (secondary N) is 2. The van der Waals surface area contributed by atoms with E-state index < -0.39 is 12.1 Å². The van der Waals surface area contributed by atoms with Crippen molar-refractivity contribution in [2.75, 3.05) is 26.2 Å². The topological polar surface area (TPSA) is 61.4 Å². The molecule has 2 aliphatic rings. The zero-order valence-electron chi connectivity index (χ0n) is 12.4. The zero-order chi connectivity index (χ0) is 16.2. The summed E-state index contributed by atoms with van der Waals surface area (Å²) < 4.78 is 37.0. The lowest BCUT2D eigenvalue weighted by Gasteiger charge is -2.32. The largest absolute Gasteiger partial charge is 0.471 e. The number of hydrogen-bond acceptors (Lipinski definition) is 3. The molecule has 0 aromatic heterocycles. The van der Waals surface area contributed by atoms with Crippen molar-refractivity contribution >= 4 is 11.8 Å².